The fourth-order valence-corrected chi connectivity index (χ4v) is 4.45. The highest BCUT2D eigenvalue weighted by molar-refractivity contribution is 7.89. The van der Waals surface area contributed by atoms with E-state index in [1.807, 2.05) is 0 Å². The molecule has 10 nitrogen and oxygen atoms in total. The molecule has 34 heavy (non-hydrogen) atoms. The molecule has 0 spiro atoms. The van der Waals surface area contributed by atoms with Crippen LogP contribution in [0.2, 0.25) is 0 Å². The molecule has 0 aliphatic carbocycles. The van der Waals surface area contributed by atoms with Crippen molar-refractivity contribution in [1.82, 2.24) is 9.29 Å². The molecule has 14 heteroatoms. The van der Waals surface area contributed by atoms with Crippen LogP contribution in [0.3, 0.4) is 0 Å². The number of pyridine rings is 1. The standard InChI is InChI=1S/C20H18F3N3O7S/c21-20(22,23)33-14-1-3-15(4-2-14)34(30,31)26-7-5-12(6-8-26)13-9-16(27)18(25-11-13)19(29)32-17(28)10-24/h1-5,9,11,27H,6-8,10,24H2. The third-order valence-electron chi connectivity index (χ3n) is 4.67. The highest BCUT2D eigenvalue weighted by atomic mass is 32.2. The molecule has 1 aliphatic rings. The molecule has 3 N–H and O–H groups in total. The molecule has 0 saturated carbocycles. The van der Waals surface area contributed by atoms with Gasteiger partial charge in [0, 0.05) is 19.3 Å². The molecule has 0 unspecified atom stereocenters. The minimum absolute atomic E-state index is 0.0462. The van der Waals surface area contributed by atoms with Crippen LogP contribution in [0.1, 0.15) is 22.5 Å². The van der Waals surface area contributed by atoms with Crippen molar-refractivity contribution >= 4 is 27.5 Å². The number of halogens is 3. The van der Waals surface area contributed by atoms with Gasteiger partial charge in [-0.3, -0.25) is 4.79 Å². The molecule has 0 saturated heterocycles. The van der Waals surface area contributed by atoms with E-state index >= 15 is 0 Å². The fourth-order valence-electron chi connectivity index (χ4n) is 3.07. The molecule has 0 atom stereocenters. The molecule has 0 bridgehead atoms. The van der Waals surface area contributed by atoms with E-state index < -0.39 is 52.1 Å². The first-order chi connectivity index (χ1) is 15.9. The summed E-state index contributed by atoms with van der Waals surface area (Å²) in [5.41, 5.74) is 5.63. The number of ether oxygens (including phenoxy) is 2. The normalized spacial score (nSPS) is 14.9. The topological polar surface area (TPSA) is 149 Å². The molecule has 0 fully saturated rings. The summed E-state index contributed by atoms with van der Waals surface area (Å²) in [7, 11) is -3.98. The number of carbonyl (C=O) groups is 2. The Morgan fingerprint density at radius 1 is 1.21 bits per heavy atom. The van der Waals surface area contributed by atoms with Crippen LogP contribution < -0.4 is 10.5 Å². The van der Waals surface area contributed by atoms with E-state index in [0.717, 1.165) is 28.6 Å². The quantitative estimate of drug-likeness (QED) is 0.446. The van der Waals surface area contributed by atoms with Gasteiger partial charge in [0.25, 0.3) is 0 Å². The molecule has 0 amide bonds. The van der Waals surface area contributed by atoms with Gasteiger partial charge in [-0.1, -0.05) is 6.08 Å². The first-order valence-electron chi connectivity index (χ1n) is 9.60. The van der Waals surface area contributed by atoms with E-state index in [-0.39, 0.29) is 24.4 Å². The highest BCUT2D eigenvalue weighted by Gasteiger charge is 2.32. The molecule has 182 valence electrons. The number of benzene rings is 1. The zero-order valence-electron chi connectivity index (χ0n) is 17.3. The van der Waals surface area contributed by atoms with Crippen LogP contribution in [0.5, 0.6) is 11.5 Å². The van der Waals surface area contributed by atoms with Crippen molar-refractivity contribution in [2.45, 2.75) is 17.7 Å². The second-order valence-electron chi connectivity index (χ2n) is 6.92. The fraction of sp³-hybridized carbons (Fsp3) is 0.250. The Kier molecular flexibility index (Phi) is 7.24. The summed E-state index contributed by atoms with van der Waals surface area (Å²) >= 11 is 0. The van der Waals surface area contributed by atoms with E-state index in [1.54, 1.807) is 6.08 Å². The average molecular weight is 501 g/mol. The van der Waals surface area contributed by atoms with Crippen LogP contribution in [0.25, 0.3) is 5.57 Å². The molecule has 1 aliphatic heterocycles. The number of alkyl halides is 3. The lowest BCUT2D eigenvalue weighted by atomic mass is 10.0. The molecule has 1 aromatic carbocycles. The summed E-state index contributed by atoms with van der Waals surface area (Å²) in [6, 6.07) is 5.09. The van der Waals surface area contributed by atoms with Crippen molar-refractivity contribution in [3.63, 3.8) is 0 Å². The van der Waals surface area contributed by atoms with Gasteiger partial charge in [-0.05, 0) is 47.9 Å². The molecule has 2 aromatic rings. The highest BCUT2D eigenvalue weighted by Crippen LogP contribution is 2.30. The summed E-state index contributed by atoms with van der Waals surface area (Å²) < 4.78 is 71.7. The maximum Gasteiger partial charge on any atom is 0.573 e. The van der Waals surface area contributed by atoms with Gasteiger partial charge in [0.1, 0.15) is 11.5 Å². The summed E-state index contributed by atoms with van der Waals surface area (Å²) in [4.78, 5) is 26.5. The van der Waals surface area contributed by atoms with Crippen LogP contribution in [0.4, 0.5) is 13.2 Å². The van der Waals surface area contributed by atoms with Crippen LogP contribution >= 0.6 is 0 Å². The number of carbonyl (C=O) groups excluding carboxylic acids is 2. The monoisotopic (exact) mass is 501 g/mol. The Morgan fingerprint density at radius 3 is 2.41 bits per heavy atom. The smallest absolute Gasteiger partial charge is 0.505 e. The van der Waals surface area contributed by atoms with Crippen molar-refractivity contribution in [3.05, 3.63) is 53.9 Å². The van der Waals surface area contributed by atoms with Crippen molar-refractivity contribution < 1.29 is 45.8 Å². The third kappa shape index (κ3) is 5.89. The molecule has 2 heterocycles. The number of hydrogen-bond acceptors (Lipinski definition) is 9. The van der Waals surface area contributed by atoms with E-state index in [4.69, 9.17) is 5.73 Å². The average Bonchev–Trinajstić information content (AvgIpc) is 2.78. The van der Waals surface area contributed by atoms with Gasteiger partial charge in [-0.15, -0.1) is 13.2 Å². The SMILES string of the molecule is NCC(=O)OC(=O)c1ncc(C2=CCN(S(=O)(=O)c3ccc(OC(F)(F)F)cc3)CC2)cc1O. The van der Waals surface area contributed by atoms with Gasteiger partial charge in [0.2, 0.25) is 10.0 Å². The van der Waals surface area contributed by atoms with Gasteiger partial charge >= 0.3 is 18.3 Å². The Hall–Kier alpha value is -3.49. The predicted molar refractivity (Wildman–Crippen MR) is 110 cm³/mol. The zero-order valence-corrected chi connectivity index (χ0v) is 18.1. The maximum absolute atomic E-state index is 12.8. The second kappa shape index (κ2) is 9.79. The predicted octanol–water partition coefficient (Wildman–Crippen LogP) is 1.81. The van der Waals surface area contributed by atoms with Gasteiger partial charge < -0.3 is 20.3 Å². The van der Waals surface area contributed by atoms with Crippen LogP contribution in [0, 0.1) is 0 Å². The number of nitrogens with zero attached hydrogens (tertiary/aromatic N) is 2. The van der Waals surface area contributed by atoms with Crippen molar-refractivity contribution in [3.8, 4) is 11.5 Å². The number of aromatic hydroxyl groups is 1. The number of aromatic nitrogens is 1. The summed E-state index contributed by atoms with van der Waals surface area (Å²) in [6.45, 7) is -0.527. The largest absolute Gasteiger partial charge is 0.573 e. The minimum Gasteiger partial charge on any atom is -0.505 e. The Labute approximate surface area is 191 Å². The van der Waals surface area contributed by atoms with E-state index in [0.29, 0.717) is 11.1 Å². The Morgan fingerprint density at radius 2 is 1.88 bits per heavy atom. The number of esters is 2. The van der Waals surface area contributed by atoms with E-state index in [1.165, 1.54) is 12.3 Å². The first kappa shape index (κ1) is 25.1. The lowest BCUT2D eigenvalue weighted by Crippen LogP contribution is -2.34. The zero-order chi connectivity index (χ0) is 25.1. The lowest BCUT2D eigenvalue weighted by molar-refractivity contribution is -0.274. The van der Waals surface area contributed by atoms with E-state index in [2.05, 4.69) is 14.5 Å². The lowest BCUT2D eigenvalue weighted by Gasteiger charge is -2.26. The number of hydrogen-bond donors (Lipinski definition) is 2. The number of nitrogens with two attached hydrogens (primary N) is 1. The van der Waals surface area contributed by atoms with Crippen LogP contribution in [-0.4, -0.2) is 60.7 Å². The van der Waals surface area contributed by atoms with Crippen molar-refractivity contribution in [1.29, 1.82) is 0 Å². The molecular formula is C20H18F3N3O7S. The van der Waals surface area contributed by atoms with Gasteiger partial charge in [-0.2, -0.15) is 4.31 Å². The van der Waals surface area contributed by atoms with Crippen molar-refractivity contribution in [2.75, 3.05) is 19.6 Å². The summed E-state index contributed by atoms with van der Waals surface area (Å²) in [5.74, 6) is -3.24. The third-order valence-corrected chi connectivity index (χ3v) is 6.55. The van der Waals surface area contributed by atoms with Gasteiger partial charge in [0.05, 0.1) is 11.4 Å². The number of rotatable bonds is 6. The number of sulfonamides is 1. The van der Waals surface area contributed by atoms with Crippen LogP contribution in [0.15, 0.2) is 47.5 Å². The summed E-state index contributed by atoms with van der Waals surface area (Å²) in [6.07, 6.45) is -1.82. The Balaban J connectivity index is 1.71. The summed E-state index contributed by atoms with van der Waals surface area (Å²) in [5, 5.41) is 10.1. The molecule has 3 rings (SSSR count). The van der Waals surface area contributed by atoms with E-state index in [9.17, 15) is 36.3 Å². The molecule has 1 aromatic heterocycles. The van der Waals surface area contributed by atoms with Gasteiger partial charge in [-0.25, -0.2) is 18.2 Å². The van der Waals surface area contributed by atoms with Crippen molar-refractivity contribution in [2.24, 2.45) is 5.73 Å². The minimum atomic E-state index is -4.89. The first-order valence-corrected chi connectivity index (χ1v) is 11.0. The molecular weight excluding hydrogens is 483 g/mol. The van der Waals surface area contributed by atoms with Gasteiger partial charge in [0.15, 0.2) is 5.69 Å². The molecule has 0 radical (unpaired) electrons. The second-order valence-corrected chi connectivity index (χ2v) is 8.86. The maximum atomic E-state index is 12.8. The Bertz CT molecular complexity index is 1230. The van der Waals surface area contributed by atoms with Crippen LogP contribution in [-0.2, 0) is 19.6 Å².